The van der Waals surface area contributed by atoms with E-state index in [1.54, 1.807) is 48.5 Å². The minimum Gasteiger partial charge on any atom is -0.508 e. The van der Waals surface area contributed by atoms with E-state index in [9.17, 15) is 24.6 Å². The lowest BCUT2D eigenvalue weighted by molar-refractivity contribution is -0.117. The molecule has 3 aromatic carbocycles. The van der Waals surface area contributed by atoms with Gasteiger partial charge in [-0.3, -0.25) is 9.59 Å². The summed E-state index contributed by atoms with van der Waals surface area (Å²) in [7, 11) is 0. The van der Waals surface area contributed by atoms with Gasteiger partial charge in [0.15, 0.2) is 5.60 Å². The van der Waals surface area contributed by atoms with Crippen LogP contribution in [-0.2, 0) is 33.0 Å². The molecule has 0 atom stereocenters. The zero-order chi connectivity index (χ0) is 25.9. The fraction of sp³-hybridized carbons (Fsp3) is 0.107. The maximum atomic E-state index is 13.0. The molecule has 4 N–H and O–H groups in total. The summed E-state index contributed by atoms with van der Waals surface area (Å²) in [4.78, 5) is 36.4. The van der Waals surface area contributed by atoms with Crippen LogP contribution in [0.2, 0.25) is 0 Å². The first kappa shape index (κ1) is 24.3. The van der Waals surface area contributed by atoms with Crippen molar-refractivity contribution in [2.24, 2.45) is 0 Å². The van der Waals surface area contributed by atoms with E-state index < -0.39 is 23.4 Å². The first-order valence-electron chi connectivity index (χ1n) is 11.1. The van der Waals surface area contributed by atoms with Gasteiger partial charge in [0.1, 0.15) is 11.5 Å². The Kier molecular flexibility index (Phi) is 6.60. The van der Waals surface area contributed by atoms with Gasteiger partial charge >= 0.3 is 5.97 Å². The number of benzene rings is 3. The van der Waals surface area contributed by atoms with E-state index in [-0.39, 0.29) is 24.6 Å². The van der Waals surface area contributed by atoms with Crippen LogP contribution in [0.3, 0.4) is 0 Å². The zero-order valence-corrected chi connectivity index (χ0v) is 19.3. The molecule has 0 saturated carbocycles. The molecule has 1 heterocycles. The standard InChI is InChI=1S/C28H24N2O6/c1-3-25(33)29-15-17-13-19(9-11-23(17)31)28(22-8-6-5-7-21(22)27(35)36-28)20-10-12-24(32)18(14-20)16-30-26(34)4-2/h3-14,31-32H,1-2,15-16H2,(H,29,33)(H,30,34). The molecule has 3 aromatic rings. The summed E-state index contributed by atoms with van der Waals surface area (Å²) in [5.41, 5.74) is 1.39. The fourth-order valence-corrected chi connectivity index (χ4v) is 4.21. The number of ether oxygens (including phenoxy) is 1. The Morgan fingerprint density at radius 2 is 1.33 bits per heavy atom. The number of fused-ring (bicyclic) bond motifs is 1. The van der Waals surface area contributed by atoms with E-state index >= 15 is 0 Å². The van der Waals surface area contributed by atoms with Crippen LogP contribution in [0.1, 0.15) is 38.2 Å². The van der Waals surface area contributed by atoms with Crippen molar-refractivity contribution in [1.29, 1.82) is 0 Å². The molecule has 4 rings (SSSR count). The monoisotopic (exact) mass is 484 g/mol. The summed E-state index contributed by atoms with van der Waals surface area (Å²) in [6.45, 7) is 6.88. The Balaban J connectivity index is 1.89. The van der Waals surface area contributed by atoms with Gasteiger partial charge in [0.25, 0.3) is 0 Å². The SMILES string of the molecule is C=CC(=O)NCc1cc(C2(c3ccc(O)c(CNC(=O)C=C)c3)OC(=O)c3ccccc32)ccc1O. The number of carbonyl (C=O) groups excluding carboxylic acids is 3. The van der Waals surface area contributed by atoms with Crippen molar-refractivity contribution in [3.05, 3.63) is 119 Å². The predicted molar refractivity (Wildman–Crippen MR) is 132 cm³/mol. The van der Waals surface area contributed by atoms with Gasteiger partial charge in [0, 0.05) is 40.9 Å². The number of aromatic hydroxyl groups is 2. The van der Waals surface area contributed by atoms with Crippen LogP contribution in [0.25, 0.3) is 0 Å². The minimum absolute atomic E-state index is 0.0185. The Labute approximate surface area is 207 Å². The molecular formula is C28H24N2O6. The van der Waals surface area contributed by atoms with E-state index in [2.05, 4.69) is 23.8 Å². The van der Waals surface area contributed by atoms with Crippen LogP contribution < -0.4 is 10.6 Å². The molecule has 2 amide bonds. The van der Waals surface area contributed by atoms with Crippen LogP contribution in [0.5, 0.6) is 11.5 Å². The van der Waals surface area contributed by atoms with Crippen molar-refractivity contribution in [3.8, 4) is 11.5 Å². The van der Waals surface area contributed by atoms with Crippen LogP contribution in [-0.4, -0.2) is 28.0 Å². The summed E-state index contributed by atoms with van der Waals surface area (Å²) < 4.78 is 6.07. The topological polar surface area (TPSA) is 125 Å². The lowest BCUT2D eigenvalue weighted by Crippen LogP contribution is -2.30. The number of nitrogens with one attached hydrogen (secondary N) is 2. The Morgan fingerprint density at radius 3 is 1.83 bits per heavy atom. The molecule has 0 radical (unpaired) electrons. The second-order valence-corrected chi connectivity index (χ2v) is 8.15. The van der Waals surface area contributed by atoms with Gasteiger partial charge in [-0.15, -0.1) is 0 Å². The second kappa shape index (κ2) is 9.79. The summed E-state index contributed by atoms with van der Waals surface area (Å²) in [6, 6.07) is 16.5. The van der Waals surface area contributed by atoms with Gasteiger partial charge in [-0.05, 0) is 42.5 Å². The quantitative estimate of drug-likeness (QED) is 0.288. The zero-order valence-electron chi connectivity index (χ0n) is 19.3. The molecule has 0 unspecified atom stereocenters. The van der Waals surface area contributed by atoms with Crippen LogP contribution in [0, 0.1) is 0 Å². The first-order chi connectivity index (χ1) is 17.3. The normalized spacial score (nSPS) is 13.3. The number of phenols is 2. The highest BCUT2D eigenvalue weighted by Crippen LogP contribution is 2.48. The smallest absolute Gasteiger partial charge is 0.340 e. The molecule has 1 aliphatic rings. The van der Waals surface area contributed by atoms with E-state index in [0.29, 0.717) is 33.4 Å². The van der Waals surface area contributed by atoms with E-state index in [4.69, 9.17) is 4.74 Å². The van der Waals surface area contributed by atoms with Crippen molar-refractivity contribution >= 4 is 17.8 Å². The molecule has 8 heteroatoms. The van der Waals surface area contributed by atoms with Gasteiger partial charge in [0.05, 0.1) is 5.56 Å². The average molecular weight is 485 g/mol. The maximum Gasteiger partial charge on any atom is 0.340 e. The maximum absolute atomic E-state index is 13.0. The fourth-order valence-electron chi connectivity index (χ4n) is 4.21. The molecule has 0 aromatic heterocycles. The van der Waals surface area contributed by atoms with Crippen molar-refractivity contribution in [2.45, 2.75) is 18.7 Å². The summed E-state index contributed by atoms with van der Waals surface area (Å²) in [5, 5.41) is 26.1. The highest BCUT2D eigenvalue weighted by molar-refractivity contribution is 5.96. The molecule has 182 valence electrons. The summed E-state index contributed by atoms with van der Waals surface area (Å²) in [5.74, 6) is -1.44. The lowest BCUT2D eigenvalue weighted by Gasteiger charge is -2.31. The van der Waals surface area contributed by atoms with Gasteiger partial charge < -0.3 is 25.6 Å². The lowest BCUT2D eigenvalue weighted by atomic mass is 9.79. The van der Waals surface area contributed by atoms with Crippen molar-refractivity contribution in [1.82, 2.24) is 10.6 Å². The predicted octanol–water partition coefficient (Wildman–Crippen LogP) is 3.16. The molecule has 1 aliphatic heterocycles. The Hall–Kier alpha value is -4.85. The number of esters is 1. The molecular weight excluding hydrogens is 460 g/mol. The number of carbonyl (C=O) groups is 3. The second-order valence-electron chi connectivity index (χ2n) is 8.15. The molecule has 36 heavy (non-hydrogen) atoms. The molecule has 0 saturated heterocycles. The van der Waals surface area contributed by atoms with Crippen molar-refractivity contribution in [3.63, 3.8) is 0 Å². The number of hydrogen-bond donors (Lipinski definition) is 4. The van der Waals surface area contributed by atoms with Crippen LogP contribution >= 0.6 is 0 Å². The Bertz CT molecular complexity index is 1320. The van der Waals surface area contributed by atoms with E-state index in [1.165, 1.54) is 12.1 Å². The molecule has 0 fully saturated rings. The number of cyclic esters (lactones) is 1. The van der Waals surface area contributed by atoms with Gasteiger partial charge in [-0.2, -0.15) is 0 Å². The first-order valence-corrected chi connectivity index (χ1v) is 11.1. The number of hydrogen-bond acceptors (Lipinski definition) is 6. The molecule has 0 bridgehead atoms. The molecule has 0 spiro atoms. The van der Waals surface area contributed by atoms with Gasteiger partial charge in [-0.25, -0.2) is 4.79 Å². The number of rotatable bonds is 8. The van der Waals surface area contributed by atoms with Crippen molar-refractivity contribution < 1.29 is 29.3 Å². The van der Waals surface area contributed by atoms with E-state index in [0.717, 1.165) is 12.2 Å². The highest BCUT2D eigenvalue weighted by Gasteiger charge is 2.48. The van der Waals surface area contributed by atoms with E-state index in [1.807, 2.05) is 0 Å². The van der Waals surface area contributed by atoms with Gasteiger partial charge in [0.2, 0.25) is 11.8 Å². The molecule has 0 aliphatic carbocycles. The third-order valence-corrected chi connectivity index (χ3v) is 6.02. The highest BCUT2D eigenvalue weighted by atomic mass is 16.6. The Morgan fingerprint density at radius 1 is 0.833 bits per heavy atom. The van der Waals surface area contributed by atoms with Gasteiger partial charge in [-0.1, -0.05) is 43.5 Å². The van der Waals surface area contributed by atoms with Crippen LogP contribution in [0.4, 0.5) is 0 Å². The molecule has 8 nitrogen and oxygen atoms in total. The summed E-state index contributed by atoms with van der Waals surface area (Å²) >= 11 is 0. The van der Waals surface area contributed by atoms with Crippen LogP contribution in [0.15, 0.2) is 86.0 Å². The third kappa shape index (κ3) is 4.32. The number of phenolic OH excluding ortho intramolecular Hbond substituents is 2. The largest absolute Gasteiger partial charge is 0.508 e. The van der Waals surface area contributed by atoms with Crippen molar-refractivity contribution in [2.75, 3.05) is 0 Å². The summed E-state index contributed by atoms with van der Waals surface area (Å²) in [6.07, 6.45) is 2.25. The third-order valence-electron chi connectivity index (χ3n) is 6.02. The number of amides is 2. The average Bonchev–Trinajstić information content (AvgIpc) is 3.20. The minimum atomic E-state index is -1.41.